The number of carbonyl (C=O) groups excluding carboxylic acids is 1. The molecule has 150 valence electrons. The standard InChI is InChI=1S/C23H25N3O3/c1-4-29-20-12-10-18(15-21(20)28-3)11-13-23(27)24-22-14-17(2)25-26(22)16-19-8-6-5-7-9-19/h5-15H,4,16H2,1-3H3,(H,24,27)/b13-11+. The van der Waals surface area contributed by atoms with E-state index < -0.39 is 0 Å². The normalized spacial score (nSPS) is 10.9. The molecule has 3 rings (SSSR count). The van der Waals surface area contributed by atoms with Crippen molar-refractivity contribution in [2.45, 2.75) is 20.4 Å². The Morgan fingerprint density at radius 2 is 1.93 bits per heavy atom. The van der Waals surface area contributed by atoms with E-state index >= 15 is 0 Å². The van der Waals surface area contributed by atoms with Crippen LogP contribution < -0.4 is 14.8 Å². The Kier molecular flexibility index (Phi) is 6.68. The zero-order valence-corrected chi connectivity index (χ0v) is 16.9. The van der Waals surface area contributed by atoms with E-state index in [1.807, 2.05) is 68.4 Å². The van der Waals surface area contributed by atoms with Gasteiger partial charge in [0.1, 0.15) is 5.82 Å². The number of amides is 1. The fourth-order valence-electron chi connectivity index (χ4n) is 2.93. The number of aromatic nitrogens is 2. The third-order valence-corrected chi connectivity index (χ3v) is 4.24. The molecule has 6 nitrogen and oxygen atoms in total. The highest BCUT2D eigenvalue weighted by Gasteiger charge is 2.09. The van der Waals surface area contributed by atoms with Crippen molar-refractivity contribution in [3.05, 3.63) is 77.5 Å². The summed E-state index contributed by atoms with van der Waals surface area (Å²) in [6.07, 6.45) is 3.22. The van der Waals surface area contributed by atoms with Crippen LogP contribution in [0.1, 0.15) is 23.7 Å². The van der Waals surface area contributed by atoms with Gasteiger partial charge < -0.3 is 14.8 Å². The van der Waals surface area contributed by atoms with E-state index in [1.54, 1.807) is 17.9 Å². The molecule has 1 N–H and O–H groups in total. The smallest absolute Gasteiger partial charge is 0.249 e. The second kappa shape index (κ2) is 9.59. The first-order valence-electron chi connectivity index (χ1n) is 9.47. The summed E-state index contributed by atoms with van der Waals surface area (Å²) in [5.41, 5.74) is 2.80. The number of methoxy groups -OCH3 is 1. The molecule has 1 amide bonds. The average Bonchev–Trinajstić information content (AvgIpc) is 3.06. The molecule has 3 aromatic rings. The number of nitrogens with zero attached hydrogens (tertiary/aromatic N) is 2. The zero-order chi connectivity index (χ0) is 20.6. The van der Waals surface area contributed by atoms with Gasteiger partial charge in [0.2, 0.25) is 5.91 Å². The maximum Gasteiger partial charge on any atom is 0.249 e. The van der Waals surface area contributed by atoms with Crippen LogP contribution >= 0.6 is 0 Å². The molecule has 0 fully saturated rings. The minimum Gasteiger partial charge on any atom is -0.493 e. The Morgan fingerprint density at radius 3 is 2.66 bits per heavy atom. The second-order valence-corrected chi connectivity index (χ2v) is 6.48. The van der Waals surface area contributed by atoms with E-state index in [0.717, 1.165) is 16.8 Å². The van der Waals surface area contributed by atoms with Crippen molar-refractivity contribution in [3.8, 4) is 11.5 Å². The highest BCUT2D eigenvalue weighted by molar-refractivity contribution is 6.01. The monoisotopic (exact) mass is 391 g/mol. The number of benzene rings is 2. The van der Waals surface area contributed by atoms with Gasteiger partial charge in [-0.1, -0.05) is 36.4 Å². The summed E-state index contributed by atoms with van der Waals surface area (Å²) in [6.45, 7) is 4.97. The third-order valence-electron chi connectivity index (χ3n) is 4.24. The van der Waals surface area contributed by atoms with Crippen molar-refractivity contribution in [1.29, 1.82) is 0 Å². The van der Waals surface area contributed by atoms with Crippen LogP contribution in [0.25, 0.3) is 6.08 Å². The first-order chi connectivity index (χ1) is 14.1. The van der Waals surface area contributed by atoms with Gasteiger partial charge in [0.15, 0.2) is 11.5 Å². The van der Waals surface area contributed by atoms with Crippen LogP contribution in [-0.4, -0.2) is 29.4 Å². The van der Waals surface area contributed by atoms with Crippen LogP contribution in [0.3, 0.4) is 0 Å². The number of rotatable bonds is 8. The van der Waals surface area contributed by atoms with Crippen LogP contribution in [0.4, 0.5) is 5.82 Å². The molecular formula is C23H25N3O3. The van der Waals surface area contributed by atoms with E-state index in [4.69, 9.17) is 9.47 Å². The molecule has 0 radical (unpaired) electrons. The molecule has 0 unspecified atom stereocenters. The molecule has 0 aliphatic heterocycles. The number of anilines is 1. The summed E-state index contributed by atoms with van der Waals surface area (Å²) in [6, 6.07) is 17.4. The van der Waals surface area contributed by atoms with Crippen LogP contribution in [-0.2, 0) is 11.3 Å². The summed E-state index contributed by atoms with van der Waals surface area (Å²) >= 11 is 0. The van der Waals surface area contributed by atoms with Crippen LogP contribution in [0.2, 0.25) is 0 Å². The number of carbonyl (C=O) groups is 1. The number of hydrogen-bond acceptors (Lipinski definition) is 4. The summed E-state index contributed by atoms with van der Waals surface area (Å²) in [5.74, 6) is 1.74. The predicted molar refractivity (Wildman–Crippen MR) is 114 cm³/mol. The molecule has 2 aromatic carbocycles. The van der Waals surface area contributed by atoms with E-state index in [0.29, 0.717) is 30.5 Å². The van der Waals surface area contributed by atoms with Crippen molar-refractivity contribution < 1.29 is 14.3 Å². The SMILES string of the molecule is CCOc1ccc(/C=C/C(=O)Nc2cc(C)nn2Cc2ccccc2)cc1OC. The zero-order valence-electron chi connectivity index (χ0n) is 16.9. The molecule has 0 saturated carbocycles. The molecule has 0 saturated heterocycles. The Labute approximate surface area is 170 Å². The lowest BCUT2D eigenvalue weighted by molar-refractivity contribution is -0.111. The van der Waals surface area contributed by atoms with E-state index in [9.17, 15) is 4.79 Å². The van der Waals surface area contributed by atoms with Gasteiger partial charge in [-0.15, -0.1) is 0 Å². The molecule has 0 spiro atoms. The van der Waals surface area contributed by atoms with Gasteiger partial charge in [0.05, 0.1) is 26.0 Å². The molecule has 1 aromatic heterocycles. The van der Waals surface area contributed by atoms with Crippen molar-refractivity contribution >= 4 is 17.8 Å². The Balaban J connectivity index is 1.69. The largest absolute Gasteiger partial charge is 0.493 e. The van der Waals surface area contributed by atoms with Crippen molar-refractivity contribution in [1.82, 2.24) is 9.78 Å². The van der Waals surface area contributed by atoms with E-state index in [1.165, 1.54) is 6.08 Å². The Bertz CT molecular complexity index is 994. The molecule has 6 heteroatoms. The third kappa shape index (κ3) is 5.48. The second-order valence-electron chi connectivity index (χ2n) is 6.48. The fourth-order valence-corrected chi connectivity index (χ4v) is 2.93. The molecule has 29 heavy (non-hydrogen) atoms. The summed E-state index contributed by atoms with van der Waals surface area (Å²) in [4.78, 5) is 12.4. The van der Waals surface area contributed by atoms with Gasteiger partial charge in [-0.3, -0.25) is 4.79 Å². The summed E-state index contributed by atoms with van der Waals surface area (Å²) < 4.78 is 12.6. The first-order valence-corrected chi connectivity index (χ1v) is 9.47. The fraction of sp³-hybridized carbons (Fsp3) is 0.217. The van der Waals surface area contributed by atoms with Gasteiger partial charge in [-0.2, -0.15) is 5.10 Å². The van der Waals surface area contributed by atoms with Gasteiger partial charge in [0.25, 0.3) is 0 Å². The van der Waals surface area contributed by atoms with Crippen molar-refractivity contribution in [3.63, 3.8) is 0 Å². The lowest BCUT2D eigenvalue weighted by Crippen LogP contribution is -2.13. The highest BCUT2D eigenvalue weighted by Crippen LogP contribution is 2.28. The first kappa shape index (κ1) is 20.2. The van der Waals surface area contributed by atoms with Crippen LogP contribution in [0, 0.1) is 6.92 Å². The minimum atomic E-state index is -0.230. The van der Waals surface area contributed by atoms with E-state index in [-0.39, 0.29) is 5.91 Å². The highest BCUT2D eigenvalue weighted by atomic mass is 16.5. The summed E-state index contributed by atoms with van der Waals surface area (Å²) in [5, 5.41) is 7.38. The lowest BCUT2D eigenvalue weighted by atomic mass is 10.2. The molecule has 0 aliphatic carbocycles. The number of ether oxygens (including phenoxy) is 2. The number of nitrogens with one attached hydrogen (secondary N) is 1. The number of aryl methyl sites for hydroxylation is 1. The van der Waals surface area contributed by atoms with Gasteiger partial charge in [0, 0.05) is 12.1 Å². The lowest BCUT2D eigenvalue weighted by Gasteiger charge is -2.09. The molecule has 1 heterocycles. The van der Waals surface area contributed by atoms with Crippen LogP contribution in [0.5, 0.6) is 11.5 Å². The maximum absolute atomic E-state index is 12.4. The number of hydrogen-bond donors (Lipinski definition) is 1. The molecule has 0 aliphatic rings. The molecule has 0 atom stereocenters. The maximum atomic E-state index is 12.4. The van der Waals surface area contributed by atoms with Gasteiger partial charge in [-0.05, 0) is 43.2 Å². The van der Waals surface area contributed by atoms with Gasteiger partial charge in [-0.25, -0.2) is 4.68 Å². The molecule has 0 bridgehead atoms. The Hall–Kier alpha value is -3.54. The predicted octanol–water partition coefficient (Wildman–Crippen LogP) is 4.30. The van der Waals surface area contributed by atoms with Crippen LogP contribution in [0.15, 0.2) is 60.7 Å². The molecular weight excluding hydrogens is 366 g/mol. The average molecular weight is 391 g/mol. The minimum absolute atomic E-state index is 0.230. The van der Waals surface area contributed by atoms with Gasteiger partial charge >= 0.3 is 0 Å². The van der Waals surface area contributed by atoms with Crippen molar-refractivity contribution in [2.75, 3.05) is 19.0 Å². The van der Waals surface area contributed by atoms with Crippen molar-refractivity contribution in [2.24, 2.45) is 0 Å². The Morgan fingerprint density at radius 1 is 1.14 bits per heavy atom. The topological polar surface area (TPSA) is 65.4 Å². The summed E-state index contributed by atoms with van der Waals surface area (Å²) in [7, 11) is 1.59. The quantitative estimate of drug-likeness (QED) is 0.582. The van der Waals surface area contributed by atoms with E-state index in [2.05, 4.69) is 10.4 Å².